The number of anilines is 1. The van der Waals surface area contributed by atoms with Crippen molar-refractivity contribution in [3.63, 3.8) is 0 Å². The molecule has 1 amide bonds. The van der Waals surface area contributed by atoms with Crippen LogP contribution in [0.4, 0.5) is 5.69 Å². The maximum absolute atomic E-state index is 12.4. The molecule has 0 saturated carbocycles. The molecule has 0 aliphatic heterocycles. The first kappa shape index (κ1) is 21.6. The number of amides is 1. The van der Waals surface area contributed by atoms with E-state index in [2.05, 4.69) is 20.5 Å². The molecule has 0 bridgehead atoms. The molecule has 7 nitrogen and oxygen atoms in total. The van der Waals surface area contributed by atoms with Gasteiger partial charge in [-0.25, -0.2) is 0 Å². The molecule has 0 aliphatic carbocycles. The van der Waals surface area contributed by atoms with Crippen molar-refractivity contribution in [3.05, 3.63) is 52.8 Å². The number of halogens is 2. The number of methoxy groups -OCH3 is 1. The van der Waals surface area contributed by atoms with Crippen molar-refractivity contribution >= 4 is 46.6 Å². The second-order valence-electron chi connectivity index (χ2n) is 5.98. The second kappa shape index (κ2) is 10.6. The SMILES string of the molecule is COCCCn1c(SCC(=O)Nc2c(Cl)cccc2Cl)nnc1-c1cccnc1. The summed E-state index contributed by atoms with van der Waals surface area (Å²) in [6.45, 7) is 1.27. The summed E-state index contributed by atoms with van der Waals surface area (Å²) < 4.78 is 7.12. The molecule has 0 unspecified atom stereocenters. The van der Waals surface area contributed by atoms with Gasteiger partial charge in [0.2, 0.25) is 5.91 Å². The molecular formula is C19H19Cl2N5O2S. The number of nitrogens with one attached hydrogen (secondary N) is 1. The molecule has 3 rings (SSSR count). The van der Waals surface area contributed by atoms with Gasteiger partial charge in [-0.15, -0.1) is 10.2 Å². The molecule has 1 aromatic carbocycles. The Labute approximate surface area is 182 Å². The molecule has 152 valence electrons. The van der Waals surface area contributed by atoms with Crippen LogP contribution in [0.2, 0.25) is 10.0 Å². The van der Waals surface area contributed by atoms with Crippen LogP contribution in [0.3, 0.4) is 0 Å². The maximum atomic E-state index is 12.4. The number of pyridine rings is 1. The van der Waals surface area contributed by atoms with Gasteiger partial charge in [0.1, 0.15) is 0 Å². The minimum atomic E-state index is -0.237. The molecule has 2 heterocycles. The quantitative estimate of drug-likeness (QED) is 0.383. The van der Waals surface area contributed by atoms with Crippen LogP contribution < -0.4 is 5.32 Å². The molecule has 0 radical (unpaired) electrons. The smallest absolute Gasteiger partial charge is 0.234 e. The molecule has 0 saturated heterocycles. The Morgan fingerprint density at radius 1 is 1.21 bits per heavy atom. The Kier molecular flexibility index (Phi) is 7.88. The Bertz CT molecular complexity index is 948. The lowest BCUT2D eigenvalue weighted by atomic mass is 10.2. The minimum Gasteiger partial charge on any atom is -0.385 e. The van der Waals surface area contributed by atoms with E-state index >= 15 is 0 Å². The highest BCUT2D eigenvalue weighted by molar-refractivity contribution is 7.99. The highest BCUT2D eigenvalue weighted by Crippen LogP contribution is 2.30. The molecule has 0 aliphatic rings. The number of benzene rings is 1. The van der Waals surface area contributed by atoms with E-state index in [9.17, 15) is 4.79 Å². The summed E-state index contributed by atoms with van der Waals surface area (Å²) in [6.07, 6.45) is 4.23. The van der Waals surface area contributed by atoms with Gasteiger partial charge in [-0.3, -0.25) is 9.78 Å². The summed E-state index contributed by atoms with van der Waals surface area (Å²) in [5, 5.41) is 12.7. The summed E-state index contributed by atoms with van der Waals surface area (Å²) in [5.74, 6) is 0.599. The average molecular weight is 452 g/mol. The molecule has 10 heteroatoms. The summed E-state index contributed by atoms with van der Waals surface area (Å²) in [4.78, 5) is 16.5. The first-order chi connectivity index (χ1) is 14.1. The van der Waals surface area contributed by atoms with E-state index in [-0.39, 0.29) is 11.7 Å². The number of thioether (sulfide) groups is 1. The number of carbonyl (C=O) groups is 1. The lowest BCUT2D eigenvalue weighted by Crippen LogP contribution is -2.15. The van der Waals surface area contributed by atoms with Crippen molar-refractivity contribution in [3.8, 4) is 11.4 Å². The number of ether oxygens (including phenoxy) is 1. The van der Waals surface area contributed by atoms with Crippen molar-refractivity contribution in [2.45, 2.75) is 18.1 Å². The Balaban J connectivity index is 1.72. The molecule has 0 fully saturated rings. The predicted octanol–water partition coefficient (Wildman–Crippen LogP) is 4.41. The normalized spacial score (nSPS) is 10.9. The highest BCUT2D eigenvalue weighted by atomic mass is 35.5. The van der Waals surface area contributed by atoms with Crippen molar-refractivity contribution < 1.29 is 9.53 Å². The zero-order chi connectivity index (χ0) is 20.6. The summed E-state index contributed by atoms with van der Waals surface area (Å²) in [7, 11) is 1.66. The van der Waals surface area contributed by atoms with Crippen LogP contribution in [0.1, 0.15) is 6.42 Å². The van der Waals surface area contributed by atoms with E-state index in [1.165, 1.54) is 11.8 Å². The van der Waals surface area contributed by atoms with Gasteiger partial charge in [-0.2, -0.15) is 0 Å². The fourth-order valence-electron chi connectivity index (χ4n) is 2.60. The van der Waals surface area contributed by atoms with Crippen LogP contribution in [0.15, 0.2) is 47.9 Å². The lowest BCUT2D eigenvalue weighted by Gasteiger charge is -2.11. The number of aromatic nitrogens is 4. The zero-order valence-electron chi connectivity index (χ0n) is 15.6. The second-order valence-corrected chi connectivity index (χ2v) is 7.74. The summed E-state index contributed by atoms with van der Waals surface area (Å²) >= 11 is 13.5. The van der Waals surface area contributed by atoms with Crippen molar-refractivity contribution in [1.29, 1.82) is 0 Å². The van der Waals surface area contributed by atoms with Gasteiger partial charge in [-0.05, 0) is 30.7 Å². The van der Waals surface area contributed by atoms with Crippen LogP contribution in [0, 0.1) is 0 Å². The molecule has 0 atom stereocenters. The van der Waals surface area contributed by atoms with Gasteiger partial charge in [0.05, 0.1) is 21.5 Å². The largest absolute Gasteiger partial charge is 0.385 e. The maximum Gasteiger partial charge on any atom is 0.234 e. The van der Waals surface area contributed by atoms with Gasteiger partial charge in [-0.1, -0.05) is 41.0 Å². The van der Waals surface area contributed by atoms with E-state index < -0.39 is 0 Å². The van der Waals surface area contributed by atoms with Crippen LogP contribution in [0.5, 0.6) is 0 Å². The highest BCUT2D eigenvalue weighted by Gasteiger charge is 2.16. The molecular weight excluding hydrogens is 433 g/mol. The fraction of sp³-hybridized carbons (Fsp3) is 0.263. The summed E-state index contributed by atoms with van der Waals surface area (Å²) in [5.41, 5.74) is 1.26. The molecule has 3 aromatic rings. The molecule has 0 spiro atoms. The number of para-hydroxylation sites is 1. The molecule has 29 heavy (non-hydrogen) atoms. The van der Waals surface area contributed by atoms with E-state index in [1.54, 1.807) is 37.7 Å². The molecule has 1 N–H and O–H groups in total. The van der Waals surface area contributed by atoms with Gasteiger partial charge in [0, 0.05) is 38.2 Å². The lowest BCUT2D eigenvalue weighted by molar-refractivity contribution is -0.113. The van der Waals surface area contributed by atoms with Crippen LogP contribution in [0.25, 0.3) is 11.4 Å². The van der Waals surface area contributed by atoms with Crippen molar-refractivity contribution in [2.75, 3.05) is 24.8 Å². The van der Waals surface area contributed by atoms with E-state index in [1.807, 2.05) is 16.7 Å². The summed E-state index contributed by atoms with van der Waals surface area (Å²) in [6, 6.07) is 8.82. The Morgan fingerprint density at radius 3 is 2.69 bits per heavy atom. The zero-order valence-corrected chi connectivity index (χ0v) is 18.0. The monoisotopic (exact) mass is 451 g/mol. The Morgan fingerprint density at radius 2 is 2.00 bits per heavy atom. The topological polar surface area (TPSA) is 81.9 Å². The van der Waals surface area contributed by atoms with E-state index in [0.717, 1.165) is 12.0 Å². The first-order valence-electron chi connectivity index (χ1n) is 8.79. The van der Waals surface area contributed by atoms with Crippen LogP contribution in [-0.2, 0) is 16.1 Å². The number of hydrogen-bond acceptors (Lipinski definition) is 6. The van der Waals surface area contributed by atoms with Gasteiger partial charge in [0.25, 0.3) is 0 Å². The third-order valence-corrected chi connectivity index (χ3v) is 5.52. The third-order valence-electron chi connectivity index (χ3n) is 3.93. The standard InChI is InChI=1S/C19H19Cl2N5O2S/c1-28-10-4-9-26-18(13-5-3-8-22-11-13)24-25-19(26)29-12-16(27)23-17-14(20)6-2-7-15(17)21/h2-3,5-8,11H,4,9-10,12H2,1H3,(H,23,27). The number of nitrogens with zero attached hydrogens (tertiary/aromatic N) is 4. The molecule has 2 aromatic heterocycles. The number of rotatable bonds is 9. The average Bonchev–Trinajstić information content (AvgIpc) is 3.13. The van der Waals surface area contributed by atoms with Crippen molar-refractivity contribution in [2.24, 2.45) is 0 Å². The number of hydrogen-bond donors (Lipinski definition) is 1. The van der Waals surface area contributed by atoms with Gasteiger partial charge < -0.3 is 14.6 Å². The van der Waals surface area contributed by atoms with Gasteiger partial charge in [0.15, 0.2) is 11.0 Å². The van der Waals surface area contributed by atoms with Crippen molar-refractivity contribution in [1.82, 2.24) is 19.7 Å². The number of carbonyl (C=O) groups excluding carboxylic acids is 1. The van der Waals surface area contributed by atoms with Crippen LogP contribution in [-0.4, -0.2) is 45.1 Å². The third kappa shape index (κ3) is 5.70. The predicted molar refractivity (Wildman–Crippen MR) is 116 cm³/mol. The fourth-order valence-corrected chi connectivity index (χ4v) is 3.85. The van der Waals surface area contributed by atoms with E-state index in [0.29, 0.717) is 39.9 Å². The van der Waals surface area contributed by atoms with E-state index in [4.69, 9.17) is 27.9 Å². The minimum absolute atomic E-state index is 0.136. The Hall–Kier alpha value is -2.13. The van der Waals surface area contributed by atoms with Gasteiger partial charge >= 0.3 is 0 Å². The first-order valence-corrected chi connectivity index (χ1v) is 10.5. The van der Waals surface area contributed by atoms with Crippen LogP contribution >= 0.6 is 35.0 Å².